The Balaban J connectivity index is 1.69. The Labute approximate surface area is 189 Å². The van der Waals surface area contributed by atoms with Gasteiger partial charge in [-0.25, -0.2) is 4.79 Å². The smallest absolute Gasteiger partial charge is 0.355 e. The van der Waals surface area contributed by atoms with Gasteiger partial charge in [-0.1, -0.05) is 112 Å². The number of oxime groups is 1. The average Bonchev–Trinajstić information content (AvgIpc) is 3.23. The van der Waals surface area contributed by atoms with Crippen LogP contribution in [-0.2, 0) is 24.7 Å². The Morgan fingerprint density at radius 2 is 1.39 bits per heavy atom. The van der Waals surface area contributed by atoms with Crippen molar-refractivity contribution in [2.24, 2.45) is 5.16 Å². The van der Waals surface area contributed by atoms with Gasteiger partial charge in [-0.05, 0) is 6.42 Å². The van der Waals surface area contributed by atoms with E-state index < -0.39 is 17.9 Å². The number of esters is 1. The molecule has 3 aromatic carbocycles. The fourth-order valence-electron chi connectivity index (χ4n) is 3.62. The summed E-state index contributed by atoms with van der Waals surface area (Å²) in [6.45, 7) is 0.542. The Morgan fingerprint density at radius 1 is 0.903 bits per heavy atom. The number of halogens is 1. The van der Waals surface area contributed by atoms with Gasteiger partial charge in [0.2, 0.25) is 11.9 Å². The molecule has 4 rings (SSSR count). The van der Waals surface area contributed by atoms with Crippen LogP contribution in [0.2, 0.25) is 0 Å². The number of hydrogen-bond acceptors (Lipinski definition) is 5. The summed E-state index contributed by atoms with van der Waals surface area (Å²) >= 11 is 3.45. The van der Waals surface area contributed by atoms with E-state index in [-0.39, 0.29) is 4.83 Å². The highest BCUT2D eigenvalue weighted by molar-refractivity contribution is 9.09. The van der Waals surface area contributed by atoms with Crippen molar-refractivity contribution in [2.45, 2.75) is 23.1 Å². The normalized spacial score (nSPS) is 18.7. The zero-order valence-electron chi connectivity index (χ0n) is 16.8. The van der Waals surface area contributed by atoms with Gasteiger partial charge in [-0.3, -0.25) is 0 Å². The Kier molecular flexibility index (Phi) is 6.79. The molecule has 1 saturated heterocycles. The molecule has 0 aromatic heterocycles. The van der Waals surface area contributed by atoms with Gasteiger partial charge in [0.25, 0.3) is 0 Å². The van der Waals surface area contributed by atoms with Crippen molar-refractivity contribution in [1.29, 1.82) is 0 Å². The fraction of sp³-hybridized carbons (Fsp3) is 0.200. The van der Waals surface area contributed by atoms with Crippen molar-refractivity contribution < 1.29 is 19.1 Å². The molecule has 1 aliphatic rings. The lowest BCUT2D eigenvalue weighted by Gasteiger charge is -2.33. The van der Waals surface area contributed by atoms with Gasteiger partial charge in [-0.15, -0.1) is 0 Å². The number of ether oxygens (including phenoxy) is 2. The lowest BCUT2D eigenvalue weighted by Crippen LogP contribution is -2.31. The third-order valence-corrected chi connectivity index (χ3v) is 5.98. The van der Waals surface area contributed by atoms with E-state index in [9.17, 15) is 4.79 Å². The molecule has 31 heavy (non-hydrogen) atoms. The number of rotatable bonds is 7. The predicted molar refractivity (Wildman–Crippen MR) is 122 cm³/mol. The molecule has 0 spiro atoms. The van der Waals surface area contributed by atoms with Gasteiger partial charge < -0.3 is 14.3 Å². The maximum atomic E-state index is 12.3. The van der Waals surface area contributed by atoms with Crippen molar-refractivity contribution in [3.63, 3.8) is 0 Å². The van der Waals surface area contributed by atoms with E-state index in [0.29, 0.717) is 6.61 Å². The Morgan fingerprint density at radius 3 is 1.81 bits per heavy atom. The number of hydrogen-bond donors (Lipinski definition) is 0. The number of carbonyl (C=O) groups is 1. The van der Waals surface area contributed by atoms with E-state index in [1.54, 1.807) is 0 Å². The average molecular weight is 480 g/mol. The van der Waals surface area contributed by atoms with Gasteiger partial charge in [-0.2, -0.15) is 0 Å². The van der Waals surface area contributed by atoms with Gasteiger partial charge in [0.15, 0.2) is 6.21 Å². The zero-order valence-corrected chi connectivity index (χ0v) is 18.4. The minimum absolute atomic E-state index is 0.0252. The topological polar surface area (TPSA) is 57.1 Å². The highest BCUT2D eigenvalue weighted by Crippen LogP contribution is 2.40. The van der Waals surface area contributed by atoms with Gasteiger partial charge >= 0.3 is 5.97 Å². The van der Waals surface area contributed by atoms with Crippen LogP contribution in [0.3, 0.4) is 0 Å². The molecular formula is C25H22BrNO4. The SMILES string of the molecule is O=C(/C=N/OC(c1ccccc1)(c1ccccc1)c1ccccc1)OC1OCC[C@@H]1Br. The van der Waals surface area contributed by atoms with Crippen LogP contribution in [0.25, 0.3) is 0 Å². The predicted octanol–water partition coefficient (Wildman–Crippen LogP) is 5.03. The minimum Gasteiger partial charge on any atom is -0.430 e. The third kappa shape index (κ3) is 4.70. The van der Waals surface area contributed by atoms with Gasteiger partial charge in [0.1, 0.15) is 0 Å². The number of nitrogens with zero attached hydrogens (tertiary/aromatic N) is 1. The van der Waals surface area contributed by atoms with Crippen LogP contribution in [0.1, 0.15) is 23.1 Å². The molecule has 1 aliphatic heterocycles. The molecule has 2 atom stereocenters. The van der Waals surface area contributed by atoms with E-state index in [4.69, 9.17) is 14.3 Å². The Bertz CT molecular complexity index is 915. The van der Waals surface area contributed by atoms with Gasteiger partial charge in [0.05, 0.1) is 11.4 Å². The summed E-state index contributed by atoms with van der Waals surface area (Å²) in [5, 5.41) is 4.07. The molecule has 6 heteroatoms. The first-order valence-electron chi connectivity index (χ1n) is 10.0. The lowest BCUT2D eigenvalue weighted by molar-refractivity contribution is -0.160. The lowest BCUT2D eigenvalue weighted by atomic mass is 9.80. The molecule has 0 amide bonds. The van der Waals surface area contributed by atoms with Crippen LogP contribution < -0.4 is 0 Å². The molecule has 1 unspecified atom stereocenters. The molecular weight excluding hydrogens is 458 g/mol. The summed E-state index contributed by atoms with van der Waals surface area (Å²) < 4.78 is 10.7. The molecule has 3 aromatic rings. The van der Waals surface area contributed by atoms with E-state index in [1.165, 1.54) is 0 Å². The van der Waals surface area contributed by atoms with Crippen molar-refractivity contribution in [1.82, 2.24) is 0 Å². The number of carbonyl (C=O) groups excluding carboxylic acids is 1. The molecule has 0 saturated carbocycles. The largest absolute Gasteiger partial charge is 0.430 e. The zero-order chi connectivity index (χ0) is 21.5. The van der Waals surface area contributed by atoms with Crippen molar-refractivity contribution in [3.05, 3.63) is 108 Å². The molecule has 1 heterocycles. The van der Waals surface area contributed by atoms with Crippen molar-refractivity contribution in [2.75, 3.05) is 6.61 Å². The van der Waals surface area contributed by atoms with Crippen molar-refractivity contribution in [3.8, 4) is 0 Å². The summed E-state index contributed by atoms with van der Waals surface area (Å²) in [6, 6.07) is 29.4. The van der Waals surface area contributed by atoms with E-state index in [2.05, 4.69) is 21.1 Å². The summed E-state index contributed by atoms with van der Waals surface area (Å²) in [4.78, 5) is 18.4. The molecule has 0 aliphatic carbocycles. The van der Waals surface area contributed by atoms with Crippen molar-refractivity contribution >= 4 is 28.1 Å². The first kappa shape index (κ1) is 21.3. The highest BCUT2D eigenvalue weighted by atomic mass is 79.9. The summed E-state index contributed by atoms with van der Waals surface area (Å²) in [5.74, 6) is -0.626. The second-order valence-corrected chi connectivity index (χ2v) is 8.26. The number of alkyl halides is 1. The van der Waals surface area contributed by atoms with E-state index >= 15 is 0 Å². The first-order valence-corrected chi connectivity index (χ1v) is 11.0. The summed E-state index contributed by atoms with van der Waals surface area (Å²) in [5.41, 5.74) is 1.62. The molecule has 0 radical (unpaired) electrons. The fourth-order valence-corrected chi connectivity index (χ4v) is 4.06. The second-order valence-electron chi connectivity index (χ2n) is 7.09. The molecule has 0 N–H and O–H groups in total. The van der Waals surface area contributed by atoms with Crippen LogP contribution in [0.15, 0.2) is 96.2 Å². The first-order chi connectivity index (χ1) is 15.2. The van der Waals surface area contributed by atoms with Crippen LogP contribution >= 0.6 is 15.9 Å². The third-order valence-electron chi connectivity index (χ3n) is 5.09. The summed E-state index contributed by atoms with van der Waals surface area (Å²) in [7, 11) is 0. The van der Waals surface area contributed by atoms with Crippen LogP contribution in [0.4, 0.5) is 0 Å². The van der Waals surface area contributed by atoms with E-state index in [0.717, 1.165) is 29.3 Å². The molecule has 1 fully saturated rings. The van der Waals surface area contributed by atoms with Crippen LogP contribution in [0.5, 0.6) is 0 Å². The van der Waals surface area contributed by atoms with Crippen LogP contribution in [0, 0.1) is 0 Å². The standard InChI is InChI=1S/C25H22BrNO4/c26-22-16-17-29-24(22)30-23(28)18-27-31-25(19-10-4-1-5-11-19,20-12-6-2-7-13-20)21-14-8-3-9-15-21/h1-15,18,22,24H,16-17H2/b27-18+/t22-,24?/m0/s1. The van der Waals surface area contributed by atoms with E-state index in [1.807, 2.05) is 91.0 Å². The quantitative estimate of drug-likeness (QED) is 0.157. The number of benzene rings is 3. The minimum atomic E-state index is -1.04. The van der Waals surface area contributed by atoms with Gasteiger partial charge in [0, 0.05) is 16.7 Å². The highest BCUT2D eigenvalue weighted by Gasteiger charge is 2.39. The second kappa shape index (κ2) is 9.90. The maximum absolute atomic E-state index is 12.3. The van der Waals surface area contributed by atoms with Crippen LogP contribution in [-0.4, -0.2) is 29.9 Å². The molecule has 158 valence electrons. The monoisotopic (exact) mass is 479 g/mol. The maximum Gasteiger partial charge on any atom is 0.355 e. The molecule has 5 nitrogen and oxygen atoms in total. The summed E-state index contributed by atoms with van der Waals surface area (Å²) in [6.07, 6.45) is 1.21. The molecule has 0 bridgehead atoms. The Hall–Kier alpha value is -2.96.